The maximum atomic E-state index is 10.9. The van der Waals surface area contributed by atoms with Crippen LogP contribution in [0.25, 0.3) is 0 Å². The van der Waals surface area contributed by atoms with Crippen molar-refractivity contribution >= 4 is 40.8 Å². The first kappa shape index (κ1) is 29.2. The summed E-state index contributed by atoms with van der Waals surface area (Å²) in [6.45, 7) is 3.88. The number of aliphatic hydroxyl groups excluding tert-OH is 2. The maximum absolute atomic E-state index is 10.9. The predicted molar refractivity (Wildman–Crippen MR) is 143 cm³/mol. The second kappa shape index (κ2) is 13.0. The second-order valence-electron chi connectivity index (χ2n) is 12.5. The predicted octanol–water partition coefficient (Wildman–Crippen LogP) is 5.75. The van der Waals surface area contributed by atoms with Crippen molar-refractivity contribution in [3.63, 3.8) is 0 Å². The number of halogens is 3. The molecule has 36 heavy (non-hydrogen) atoms. The van der Waals surface area contributed by atoms with Crippen LogP contribution in [0.2, 0.25) is 0 Å². The van der Waals surface area contributed by atoms with Crippen LogP contribution in [0.15, 0.2) is 0 Å². The Morgan fingerprint density at radius 3 is 1.75 bits per heavy atom. The van der Waals surface area contributed by atoms with Crippen LogP contribution >= 0.6 is 34.8 Å². The number of methoxy groups -OCH3 is 1. The Kier molecular flexibility index (Phi) is 10.6. The van der Waals surface area contributed by atoms with Gasteiger partial charge in [-0.15, -0.1) is 0 Å². The third-order valence-corrected chi connectivity index (χ3v) is 10.8. The molecule has 8 heteroatoms. The summed E-state index contributed by atoms with van der Waals surface area (Å²) in [4.78, 5) is 10.9. The molecule has 0 amide bonds. The van der Waals surface area contributed by atoms with Crippen molar-refractivity contribution in [1.29, 1.82) is 0 Å². The molecule has 12 atom stereocenters. The van der Waals surface area contributed by atoms with Gasteiger partial charge in [0.2, 0.25) is 0 Å². The number of alkyl halides is 3. The van der Waals surface area contributed by atoms with E-state index in [2.05, 4.69) is 0 Å². The van der Waals surface area contributed by atoms with Crippen LogP contribution in [0, 0.1) is 71.0 Å². The molecular weight excluding hydrogens is 523 g/mol. The van der Waals surface area contributed by atoms with Gasteiger partial charge in [0.1, 0.15) is 0 Å². The minimum absolute atomic E-state index is 0.132. The number of carbonyl (C=O) groups is 1. The zero-order valence-electron chi connectivity index (χ0n) is 21.7. The van der Waals surface area contributed by atoms with E-state index in [1.165, 1.54) is 58.3 Å². The van der Waals surface area contributed by atoms with Crippen molar-refractivity contribution in [3.05, 3.63) is 0 Å². The Morgan fingerprint density at radius 2 is 1.22 bits per heavy atom. The number of ether oxygens (including phenoxy) is 2. The molecule has 6 aliphatic rings. The lowest BCUT2D eigenvalue weighted by molar-refractivity contribution is -0.142. The standard InChI is InChI=1S/C15H24O3.C12H20O2.CHCl3/c1-9(16)18-7-10-3-13-11-5-12(8-17-2)14(6-11)15(13)4-10;13-5-7-1-10-8-3-9(6-14)11(4-8)12(10)2-7;2-1(3)4/h10-15H,3-8H2,1-2H3;7-14H,1-6H2;1H. The van der Waals surface area contributed by atoms with Gasteiger partial charge in [-0.25, -0.2) is 0 Å². The number of esters is 1. The number of fused-ring (bicyclic) bond motifs is 10. The monoisotopic (exact) mass is 566 g/mol. The minimum Gasteiger partial charge on any atom is -0.466 e. The Labute approximate surface area is 231 Å². The third-order valence-electron chi connectivity index (χ3n) is 10.8. The molecule has 0 radical (unpaired) electrons. The average Bonchev–Trinajstić information content (AvgIpc) is 3.64. The Bertz CT molecular complexity index is 719. The molecule has 6 fully saturated rings. The van der Waals surface area contributed by atoms with Gasteiger partial charge in [0.05, 0.1) is 6.61 Å². The summed E-state index contributed by atoms with van der Waals surface area (Å²) in [5.41, 5.74) is 0. The van der Waals surface area contributed by atoms with Gasteiger partial charge < -0.3 is 19.7 Å². The molecule has 0 heterocycles. The second-order valence-corrected chi connectivity index (χ2v) is 14.5. The topological polar surface area (TPSA) is 76.0 Å². The molecule has 6 rings (SSSR count). The minimum atomic E-state index is -0.750. The van der Waals surface area contributed by atoms with Crippen molar-refractivity contribution < 1.29 is 24.5 Å². The molecule has 4 bridgehead atoms. The zero-order chi connectivity index (χ0) is 26.0. The lowest BCUT2D eigenvalue weighted by Crippen LogP contribution is -2.26. The van der Waals surface area contributed by atoms with Gasteiger partial charge in [0.15, 0.2) is 4.30 Å². The normalized spacial score (nSPS) is 45.1. The van der Waals surface area contributed by atoms with Gasteiger partial charge in [-0.1, -0.05) is 34.8 Å². The molecule has 0 saturated heterocycles. The largest absolute Gasteiger partial charge is 0.466 e. The molecule has 0 aliphatic heterocycles. The smallest absolute Gasteiger partial charge is 0.302 e. The zero-order valence-corrected chi connectivity index (χ0v) is 24.0. The highest BCUT2D eigenvalue weighted by Gasteiger charge is 2.56. The first-order chi connectivity index (χ1) is 17.2. The molecule has 0 aromatic carbocycles. The van der Waals surface area contributed by atoms with Crippen LogP contribution < -0.4 is 0 Å². The molecule has 5 nitrogen and oxygen atoms in total. The number of aliphatic hydroxyl groups is 2. The van der Waals surface area contributed by atoms with Gasteiger partial charge in [-0.3, -0.25) is 4.79 Å². The SMILES string of the molecule is COCC1CC2CC1C1CC(COC(C)=O)CC21.ClC(Cl)Cl.OCC1CC2C3CC(CO)C(C3)C2C1. The number of hydrogen-bond acceptors (Lipinski definition) is 5. The van der Waals surface area contributed by atoms with Gasteiger partial charge in [0.25, 0.3) is 0 Å². The van der Waals surface area contributed by atoms with Gasteiger partial charge in [0, 0.05) is 33.9 Å². The van der Waals surface area contributed by atoms with Crippen molar-refractivity contribution in [1.82, 2.24) is 0 Å². The lowest BCUT2D eigenvalue weighted by atomic mass is 9.76. The van der Waals surface area contributed by atoms with Gasteiger partial charge in [-0.05, 0) is 122 Å². The molecule has 12 unspecified atom stereocenters. The van der Waals surface area contributed by atoms with Crippen molar-refractivity contribution in [2.24, 2.45) is 71.0 Å². The van der Waals surface area contributed by atoms with Crippen LogP contribution in [0.5, 0.6) is 0 Å². The van der Waals surface area contributed by atoms with E-state index in [1.54, 1.807) is 0 Å². The summed E-state index contributed by atoms with van der Waals surface area (Å²) in [5, 5.41) is 18.5. The summed E-state index contributed by atoms with van der Waals surface area (Å²) >= 11 is 14.4. The lowest BCUT2D eigenvalue weighted by Gasteiger charge is -2.30. The molecule has 6 saturated carbocycles. The molecule has 6 aliphatic carbocycles. The highest BCUT2D eigenvalue weighted by Crippen LogP contribution is 2.63. The molecule has 2 N–H and O–H groups in total. The van der Waals surface area contributed by atoms with Crippen LogP contribution in [0.3, 0.4) is 0 Å². The fourth-order valence-electron chi connectivity index (χ4n) is 9.79. The quantitative estimate of drug-likeness (QED) is 0.316. The van der Waals surface area contributed by atoms with Gasteiger partial charge >= 0.3 is 5.97 Å². The van der Waals surface area contributed by atoms with Crippen LogP contribution in [0.1, 0.15) is 58.3 Å². The molecule has 0 aromatic heterocycles. The van der Waals surface area contributed by atoms with Crippen molar-refractivity contribution in [3.8, 4) is 0 Å². The first-order valence-electron chi connectivity index (χ1n) is 14.0. The summed E-state index contributed by atoms with van der Waals surface area (Å²) in [5.74, 6) is 9.54. The van der Waals surface area contributed by atoms with E-state index in [4.69, 9.17) is 44.3 Å². The van der Waals surface area contributed by atoms with Gasteiger partial charge in [-0.2, -0.15) is 0 Å². The molecular formula is C28H45Cl3O5. The number of hydrogen-bond donors (Lipinski definition) is 2. The first-order valence-corrected chi connectivity index (χ1v) is 15.3. The Hall–Kier alpha value is 0.220. The van der Waals surface area contributed by atoms with Crippen LogP contribution in [-0.2, 0) is 14.3 Å². The van der Waals surface area contributed by atoms with E-state index in [9.17, 15) is 15.0 Å². The van der Waals surface area contributed by atoms with E-state index in [-0.39, 0.29) is 5.97 Å². The van der Waals surface area contributed by atoms with E-state index < -0.39 is 4.30 Å². The maximum Gasteiger partial charge on any atom is 0.302 e. The highest BCUT2D eigenvalue weighted by atomic mass is 35.6. The van der Waals surface area contributed by atoms with E-state index in [1.807, 2.05) is 7.11 Å². The number of rotatable bonds is 6. The highest BCUT2D eigenvalue weighted by molar-refractivity contribution is 6.63. The fourth-order valence-corrected chi connectivity index (χ4v) is 9.79. The summed E-state index contributed by atoms with van der Waals surface area (Å²) in [6, 6.07) is 0. The summed E-state index contributed by atoms with van der Waals surface area (Å²) < 4.78 is 9.81. The van der Waals surface area contributed by atoms with E-state index >= 15 is 0 Å². The molecule has 0 spiro atoms. The fraction of sp³-hybridized carbons (Fsp3) is 0.964. The van der Waals surface area contributed by atoms with Crippen LogP contribution in [-0.4, -0.2) is 54.0 Å². The van der Waals surface area contributed by atoms with Crippen LogP contribution in [0.4, 0.5) is 0 Å². The summed E-state index contributed by atoms with van der Waals surface area (Å²) in [6.07, 6.45) is 10.5. The Morgan fingerprint density at radius 1 is 0.722 bits per heavy atom. The van der Waals surface area contributed by atoms with Crippen molar-refractivity contribution in [2.45, 2.75) is 62.6 Å². The average molecular weight is 568 g/mol. The van der Waals surface area contributed by atoms with Crippen molar-refractivity contribution in [2.75, 3.05) is 33.5 Å². The van der Waals surface area contributed by atoms with E-state index in [0.717, 1.165) is 59.9 Å². The molecule has 208 valence electrons. The Balaban J connectivity index is 0.000000151. The van der Waals surface area contributed by atoms with E-state index in [0.29, 0.717) is 37.6 Å². The third kappa shape index (κ3) is 6.50. The number of carbonyl (C=O) groups excluding carboxylic acids is 1. The summed E-state index contributed by atoms with van der Waals surface area (Å²) in [7, 11) is 1.82. The molecule has 0 aromatic rings.